The first-order valence-corrected chi connectivity index (χ1v) is 3.64. The van der Waals surface area contributed by atoms with E-state index in [-0.39, 0.29) is 17.9 Å². The molecular formula is C7H11NO2. The van der Waals surface area contributed by atoms with Crippen LogP contribution in [0.2, 0.25) is 0 Å². The molecule has 0 aromatic heterocycles. The molecule has 3 heteroatoms. The maximum atomic E-state index is 11.0. The molecule has 2 rings (SSSR count). The van der Waals surface area contributed by atoms with Crippen molar-refractivity contribution in [3.05, 3.63) is 0 Å². The minimum Gasteiger partial charge on any atom is -0.381 e. The molecule has 0 aromatic carbocycles. The molecule has 1 saturated heterocycles. The zero-order chi connectivity index (χ0) is 7.14. The third-order valence-corrected chi connectivity index (χ3v) is 2.49. The Kier molecular flexibility index (Phi) is 1.20. The standard InChI is InChI=1S/C7H11NO2/c1-10-6-3-4-2-5(6)7(9)8-4/h4-6H,2-3H2,1H3,(H,8,9)/t4-,5+,6+/m0/s1. The maximum Gasteiger partial charge on any atom is 0.226 e. The zero-order valence-corrected chi connectivity index (χ0v) is 5.96. The first-order chi connectivity index (χ1) is 4.81. The van der Waals surface area contributed by atoms with Crippen LogP contribution in [0.4, 0.5) is 0 Å². The lowest BCUT2D eigenvalue weighted by Gasteiger charge is -2.19. The van der Waals surface area contributed by atoms with E-state index >= 15 is 0 Å². The van der Waals surface area contributed by atoms with Gasteiger partial charge in [0, 0.05) is 13.2 Å². The van der Waals surface area contributed by atoms with Crippen molar-refractivity contribution < 1.29 is 9.53 Å². The molecule has 1 amide bonds. The van der Waals surface area contributed by atoms with Crippen LogP contribution >= 0.6 is 0 Å². The fourth-order valence-corrected chi connectivity index (χ4v) is 1.96. The minimum absolute atomic E-state index is 0.148. The van der Waals surface area contributed by atoms with E-state index in [1.807, 2.05) is 0 Å². The van der Waals surface area contributed by atoms with E-state index in [0.29, 0.717) is 6.04 Å². The summed E-state index contributed by atoms with van der Waals surface area (Å²) in [5, 5.41) is 2.90. The van der Waals surface area contributed by atoms with Crippen LogP contribution in [0.25, 0.3) is 0 Å². The van der Waals surface area contributed by atoms with Gasteiger partial charge in [-0.2, -0.15) is 0 Å². The van der Waals surface area contributed by atoms with Crippen LogP contribution < -0.4 is 5.32 Å². The van der Waals surface area contributed by atoms with Gasteiger partial charge in [0.2, 0.25) is 5.91 Å². The Labute approximate surface area is 59.7 Å². The number of hydrogen-bond donors (Lipinski definition) is 1. The molecular weight excluding hydrogens is 130 g/mol. The summed E-state index contributed by atoms with van der Waals surface area (Å²) >= 11 is 0. The second-order valence-corrected chi connectivity index (χ2v) is 3.06. The lowest BCUT2D eigenvalue weighted by molar-refractivity contribution is -0.127. The number of nitrogens with one attached hydrogen (secondary N) is 1. The van der Waals surface area contributed by atoms with Gasteiger partial charge in [-0.05, 0) is 12.8 Å². The largest absolute Gasteiger partial charge is 0.381 e. The van der Waals surface area contributed by atoms with Gasteiger partial charge in [-0.15, -0.1) is 0 Å². The van der Waals surface area contributed by atoms with E-state index in [2.05, 4.69) is 5.32 Å². The molecule has 2 fully saturated rings. The van der Waals surface area contributed by atoms with E-state index in [0.717, 1.165) is 12.8 Å². The Hall–Kier alpha value is -0.570. The van der Waals surface area contributed by atoms with Crippen LogP contribution in [0.1, 0.15) is 12.8 Å². The molecule has 1 aliphatic carbocycles. The molecule has 0 unspecified atom stereocenters. The van der Waals surface area contributed by atoms with E-state index in [4.69, 9.17) is 4.74 Å². The van der Waals surface area contributed by atoms with Crippen LogP contribution in [0.3, 0.4) is 0 Å². The molecule has 3 nitrogen and oxygen atoms in total. The molecule has 0 radical (unpaired) electrons. The molecule has 0 spiro atoms. The van der Waals surface area contributed by atoms with Crippen molar-refractivity contribution in [1.82, 2.24) is 5.32 Å². The van der Waals surface area contributed by atoms with Gasteiger partial charge in [-0.3, -0.25) is 4.79 Å². The maximum absolute atomic E-state index is 11.0. The fraction of sp³-hybridized carbons (Fsp3) is 0.857. The molecule has 2 bridgehead atoms. The van der Waals surface area contributed by atoms with E-state index in [1.165, 1.54) is 0 Å². The Morgan fingerprint density at radius 3 is 2.80 bits per heavy atom. The first-order valence-electron chi connectivity index (χ1n) is 3.64. The number of hydrogen-bond acceptors (Lipinski definition) is 2. The quantitative estimate of drug-likeness (QED) is 0.554. The topological polar surface area (TPSA) is 38.3 Å². The average molecular weight is 141 g/mol. The monoisotopic (exact) mass is 141 g/mol. The summed E-state index contributed by atoms with van der Waals surface area (Å²) in [5.41, 5.74) is 0. The summed E-state index contributed by atoms with van der Waals surface area (Å²) in [6.45, 7) is 0. The molecule has 1 heterocycles. The van der Waals surface area contributed by atoms with Crippen LogP contribution in [0, 0.1) is 5.92 Å². The van der Waals surface area contributed by atoms with Crippen LogP contribution in [0.15, 0.2) is 0 Å². The SMILES string of the molecule is CO[C@@H]1C[C@@H]2C[C@H]1C(=O)N2. The Balaban J connectivity index is 2.12. The lowest BCUT2D eigenvalue weighted by atomic mass is 10.1. The second kappa shape index (κ2) is 1.95. The number of piperidine rings is 1. The van der Waals surface area contributed by atoms with Gasteiger partial charge in [0.1, 0.15) is 0 Å². The van der Waals surface area contributed by atoms with Gasteiger partial charge in [0.15, 0.2) is 0 Å². The molecule has 3 atom stereocenters. The summed E-state index contributed by atoms with van der Waals surface area (Å²) in [7, 11) is 1.68. The van der Waals surface area contributed by atoms with Gasteiger partial charge >= 0.3 is 0 Å². The number of methoxy groups -OCH3 is 1. The van der Waals surface area contributed by atoms with Crippen molar-refractivity contribution in [2.75, 3.05) is 7.11 Å². The number of amides is 1. The van der Waals surface area contributed by atoms with Crippen LogP contribution in [-0.2, 0) is 9.53 Å². The van der Waals surface area contributed by atoms with E-state index in [9.17, 15) is 4.79 Å². The molecule has 1 saturated carbocycles. The summed E-state index contributed by atoms with van der Waals surface area (Å²) < 4.78 is 5.15. The molecule has 56 valence electrons. The van der Waals surface area contributed by atoms with Crippen molar-refractivity contribution in [3.63, 3.8) is 0 Å². The van der Waals surface area contributed by atoms with Crippen molar-refractivity contribution in [3.8, 4) is 0 Å². The van der Waals surface area contributed by atoms with Gasteiger partial charge in [-0.1, -0.05) is 0 Å². The number of ether oxygens (including phenoxy) is 1. The van der Waals surface area contributed by atoms with Crippen LogP contribution in [-0.4, -0.2) is 25.2 Å². The molecule has 10 heavy (non-hydrogen) atoms. The van der Waals surface area contributed by atoms with Crippen molar-refractivity contribution in [2.45, 2.75) is 25.0 Å². The summed E-state index contributed by atoms with van der Waals surface area (Å²) in [6.07, 6.45) is 2.18. The predicted molar refractivity (Wildman–Crippen MR) is 35.5 cm³/mol. The number of carbonyl (C=O) groups excluding carboxylic acids is 1. The first kappa shape index (κ1) is 6.16. The smallest absolute Gasteiger partial charge is 0.226 e. The predicted octanol–water partition coefficient (Wildman–Crippen LogP) is -0.0902. The highest BCUT2D eigenvalue weighted by atomic mass is 16.5. The van der Waals surface area contributed by atoms with E-state index < -0.39 is 0 Å². The highest BCUT2D eigenvalue weighted by Crippen LogP contribution is 2.33. The number of fused-ring (bicyclic) bond motifs is 2. The number of rotatable bonds is 1. The van der Waals surface area contributed by atoms with E-state index in [1.54, 1.807) is 7.11 Å². The summed E-state index contributed by atoms with van der Waals surface area (Å²) in [6, 6.07) is 0.405. The van der Waals surface area contributed by atoms with Gasteiger partial charge in [0.25, 0.3) is 0 Å². The second-order valence-electron chi connectivity index (χ2n) is 3.06. The Bertz CT molecular complexity index is 169. The molecule has 2 aliphatic rings. The van der Waals surface area contributed by atoms with Gasteiger partial charge in [-0.25, -0.2) is 0 Å². The normalized spacial score (nSPS) is 44.1. The number of carbonyl (C=O) groups is 1. The lowest BCUT2D eigenvalue weighted by Crippen LogP contribution is -2.38. The molecule has 0 aromatic rings. The Morgan fingerprint density at radius 2 is 2.40 bits per heavy atom. The summed E-state index contributed by atoms with van der Waals surface area (Å²) in [5.74, 6) is 0.332. The third kappa shape index (κ3) is 0.669. The van der Waals surface area contributed by atoms with Gasteiger partial charge < -0.3 is 10.1 Å². The summed E-state index contributed by atoms with van der Waals surface area (Å²) in [4.78, 5) is 11.0. The van der Waals surface area contributed by atoms with Gasteiger partial charge in [0.05, 0.1) is 12.0 Å². The van der Waals surface area contributed by atoms with Crippen molar-refractivity contribution in [2.24, 2.45) is 5.92 Å². The third-order valence-electron chi connectivity index (χ3n) is 2.49. The van der Waals surface area contributed by atoms with Crippen LogP contribution in [0.5, 0.6) is 0 Å². The fourth-order valence-electron chi connectivity index (χ4n) is 1.96. The molecule has 1 aliphatic heterocycles. The highest BCUT2D eigenvalue weighted by molar-refractivity contribution is 5.83. The van der Waals surface area contributed by atoms with Crippen molar-refractivity contribution >= 4 is 5.91 Å². The zero-order valence-electron chi connectivity index (χ0n) is 5.96. The van der Waals surface area contributed by atoms with Crippen molar-refractivity contribution in [1.29, 1.82) is 0 Å². The average Bonchev–Trinajstić information content (AvgIpc) is 2.44. The Morgan fingerprint density at radius 1 is 1.60 bits per heavy atom. The minimum atomic E-state index is 0.148. The highest BCUT2D eigenvalue weighted by Gasteiger charge is 2.45. The molecule has 1 N–H and O–H groups in total.